The Labute approximate surface area is 145 Å². The quantitative estimate of drug-likeness (QED) is 0.428. The average molecular weight is 339 g/mol. The van der Waals surface area contributed by atoms with Crippen LogP contribution < -0.4 is 0 Å². The maximum absolute atomic E-state index is 12.4. The summed E-state index contributed by atoms with van der Waals surface area (Å²) in [6.07, 6.45) is 0. The lowest BCUT2D eigenvalue weighted by Crippen LogP contribution is -2.00. The molecule has 0 radical (unpaired) electrons. The monoisotopic (exact) mass is 338 g/mol. The minimum atomic E-state index is -0.00731. The number of halogens is 1. The van der Waals surface area contributed by atoms with E-state index in [0.29, 0.717) is 16.1 Å². The van der Waals surface area contributed by atoms with Gasteiger partial charge in [0.05, 0.1) is 0 Å². The van der Waals surface area contributed by atoms with Gasteiger partial charge in [0.2, 0.25) is 0 Å². The van der Waals surface area contributed by atoms with Crippen molar-refractivity contribution >= 4 is 29.1 Å². The molecule has 0 bridgehead atoms. The summed E-state index contributed by atoms with van der Waals surface area (Å²) in [5, 5.41) is 0.575. The molecule has 3 aromatic rings. The SMILES string of the molecule is O=C(c1ccc(SCc2ccccc2)cc1)c1cccc(Cl)c1. The number of benzene rings is 3. The summed E-state index contributed by atoms with van der Waals surface area (Å²) in [6, 6.07) is 25.1. The number of carbonyl (C=O) groups is 1. The van der Waals surface area contributed by atoms with Crippen LogP contribution in [0.3, 0.4) is 0 Å². The summed E-state index contributed by atoms with van der Waals surface area (Å²) in [7, 11) is 0. The molecule has 0 atom stereocenters. The third-order valence-electron chi connectivity index (χ3n) is 3.45. The fraction of sp³-hybridized carbons (Fsp3) is 0.0500. The van der Waals surface area contributed by atoms with Gasteiger partial charge >= 0.3 is 0 Å². The van der Waals surface area contributed by atoms with E-state index in [0.717, 1.165) is 10.6 Å². The van der Waals surface area contributed by atoms with E-state index < -0.39 is 0 Å². The molecule has 1 nitrogen and oxygen atoms in total. The summed E-state index contributed by atoms with van der Waals surface area (Å²) < 4.78 is 0. The first-order valence-electron chi connectivity index (χ1n) is 7.29. The number of rotatable bonds is 5. The van der Waals surface area contributed by atoms with Crippen molar-refractivity contribution in [1.82, 2.24) is 0 Å². The zero-order chi connectivity index (χ0) is 16.1. The first kappa shape index (κ1) is 15.9. The number of thioether (sulfide) groups is 1. The fourth-order valence-electron chi connectivity index (χ4n) is 2.24. The largest absolute Gasteiger partial charge is 0.289 e. The van der Waals surface area contributed by atoms with Gasteiger partial charge in [0, 0.05) is 26.8 Å². The van der Waals surface area contributed by atoms with E-state index in [1.165, 1.54) is 5.56 Å². The molecule has 3 aromatic carbocycles. The lowest BCUT2D eigenvalue weighted by Gasteiger charge is -2.05. The molecule has 0 aromatic heterocycles. The Morgan fingerprint density at radius 1 is 0.826 bits per heavy atom. The van der Waals surface area contributed by atoms with Gasteiger partial charge in [-0.2, -0.15) is 0 Å². The molecule has 0 aliphatic carbocycles. The Hall–Kier alpha value is -2.03. The summed E-state index contributed by atoms with van der Waals surface area (Å²) in [4.78, 5) is 13.6. The summed E-state index contributed by atoms with van der Waals surface area (Å²) in [5.41, 5.74) is 2.58. The molecule has 0 aliphatic heterocycles. The second kappa shape index (κ2) is 7.49. The Morgan fingerprint density at radius 3 is 2.26 bits per heavy atom. The molecular formula is C20H15ClOS. The standard InChI is InChI=1S/C20H15ClOS/c21-18-8-4-7-17(13-18)20(22)16-9-11-19(12-10-16)23-14-15-5-2-1-3-6-15/h1-13H,14H2. The highest BCUT2D eigenvalue weighted by Gasteiger charge is 2.09. The van der Waals surface area contributed by atoms with Crippen LogP contribution >= 0.6 is 23.4 Å². The van der Waals surface area contributed by atoms with Crippen LogP contribution in [-0.4, -0.2) is 5.78 Å². The fourth-order valence-corrected chi connectivity index (χ4v) is 3.28. The molecule has 0 heterocycles. The van der Waals surface area contributed by atoms with Crippen LogP contribution in [0.4, 0.5) is 0 Å². The van der Waals surface area contributed by atoms with Crippen molar-refractivity contribution in [3.8, 4) is 0 Å². The zero-order valence-corrected chi connectivity index (χ0v) is 14.0. The van der Waals surface area contributed by atoms with Crippen molar-refractivity contribution in [2.75, 3.05) is 0 Å². The molecule has 0 aliphatic rings. The third-order valence-corrected chi connectivity index (χ3v) is 4.77. The second-order valence-electron chi connectivity index (χ2n) is 5.14. The van der Waals surface area contributed by atoms with Crippen molar-refractivity contribution in [2.45, 2.75) is 10.6 Å². The van der Waals surface area contributed by atoms with Crippen LogP contribution in [0, 0.1) is 0 Å². The molecule has 0 amide bonds. The maximum atomic E-state index is 12.4. The summed E-state index contributed by atoms with van der Waals surface area (Å²) in [6.45, 7) is 0. The second-order valence-corrected chi connectivity index (χ2v) is 6.62. The van der Waals surface area contributed by atoms with Gasteiger partial charge in [-0.1, -0.05) is 54.1 Å². The third kappa shape index (κ3) is 4.25. The van der Waals surface area contributed by atoms with Crippen LogP contribution in [0.25, 0.3) is 0 Å². The minimum Gasteiger partial charge on any atom is -0.289 e. The minimum absolute atomic E-state index is 0.00731. The van der Waals surface area contributed by atoms with Crippen molar-refractivity contribution in [2.24, 2.45) is 0 Å². The highest BCUT2D eigenvalue weighted by molar-refractivity contribution is 7.98. The molecular weight excluding hydrogens is 324 g/mol. The van der Waals surface area contributed by atoms with Crippen molar-refractivity contribution in [3.05, 3.63) is 101 Å². The van der Waals surface area contributed by atoms with Gasteiger partial charge in [0.1, 0.15) is 0 Å². The first-order valence-corrected chi connectivity index (χ1v) is 8.66. The van der Waals surface area contributed by atoms with Crippen molar-refractivity contribution in [3.63, 3.8) is 0 Å². The van der Waals surface area contributed by atoms with Gasteiger partial charge < -0.3 is 0 Å². The van der Waals surface area contributed by atoms with Crippen molar-refractivity contribution < 1.29 is 4.79 Å². The van der Waals surface area contributed by atoms with E-state index in [1.807, 2.05) is 42.5 Å². The predicted octanol–water partition coefficient (Wildman–Crippen LogP) is 5.86. The molecule has 3 heteroatoms. The average Bonchev–Trinajstić information content (AvgIpc) is 2.61. The summed E-state index contributed by atoms with van der Waals surface area (Å²) >= 11 is 7.71. The molecule has 0 spiro atoms. The molecule has 23 heavy (non-hydrogen) atoms. The van der Waals surface area contributed by atoms with Gasteiger partial charge in [-0.15, -0.1) is 11.8 Å². The Balaban J connectivity index is 1.68. The van der Waals surface area contributed by atoms with Crippen molar-refractivity contribution in [1.29, 1.82) is 0 Å². The van der Waals surface area contributed by atoms with E-state index in [9.17, 15) is 4.79 Å². The van der Waals surface area contributed by atoms with Crippen LogP contribution in [0.2, 0.25) is 5.02 Å². The first-order chi connectivity index (χ1) is 11.2. The van der Waals surface area contributed by atoms with Gasteiger partial charge in [-0.05, 0) is 42.0 Å². The van der Waals surface area contributed by atoms with Gasteiger partial charge in [0.15, 0.2) is 5.78 Å². The smallest absolute Gasteiger partial charge is 0.193 e. The van der Waals surface area contributed by atoms with Gasteiger partial charge in [-0.25, -0.2) is 0 Å². The van der Waals surface area contributed by atoms with E-state index in [1.54, 1.807) is 36.0 Å². The molecule has 0 saturated carbocycles. The van der Waals surface area contributed by atoms with Gasteiger partial charge in [-0.3, -0.25) is 4.79 Å². The van der Waals surface area contributed by atoms with E-state index in [4.69, 9.17) is 11.6 Å². The maximum Gasteiger partial charge on any atom is 0.193 e. The molecule has 0 unspecified atom stereocenters. The predicted molar refractivity (Wildman–Crippen MR) is 97.3 cm³/mol. The molecule has 114 valence electrons. The molecule has 0 N–H and O–H groups in total. The summed E-state index contributed by atoms with van der Waals surface area (Å²) in [5.74, 6) is 0.912. The highest BCUT2D eigenvalue weighted by atomic mass is 35.5. The Bertz CT molecular complexity index is 797. The lowest BCUT2D eigenvalue weighted by atomic mass is 10.0. The number of hydrogen-bond donors (Lipinski definition) is 0. The number of carbonyl (C=O) groups excluding carboxylic acids is 1. The van der Waals surface area contributed by atoms with Crippen LogP contribution in [0.5, 0.6) is 0 Å². The normalized spacial score (nSPS) is 10.5. The molecule has 0 fully saturated rings. The van der Waals surface area contributed by atoms with E-state index >= 15 is 0 Å². The highest BCUT2D eigenvalue weighted by Crippen LogP contribution is 2.24. The molecule has 3 rings (SSSR count). The Morgan fingerprint density at radius 2 is 1.57 bits per heavy atom. The van der Waals surface area contributed by atoms with Gasteiger partial charge in [0.25, 0.3) is 0 Å². The lowest BCUT2D eigenvalue weighted by molar-refractivity contribution is 0.103. The Kier molecular flexibility index (Phi) is 5.16. The van der Waals surface area contributed by atoms with Crippen LogP contribution in [0.1, 0.15) is 21.5 Å². The molecule has 0 saturated heterocycles. The van der Waals surface area contributed by atoms with E-state index in [2.05, 4.69) is 12.1 Å². The number of hydrogen-bond acceptors (Lipinski definition) is 2. The van der Waals surface area contributed by atoms with Crippen LogP contribution in [0.15, 0.2) is 83.8 Å². The zero-order valence-electron chi connectivity index (χ0n) is 12.4. The number of ketones is 1. The van der Waals surface area contributed by atoms with Crippen LogP contribution in [-0.2, 0) is 5.75 Å². The topological polar surface area (TPSA) is 17.1 Å². The van der Waals surface area contributed by atoms with E-state index in [-0.39, 0.29) is 5.78 Å².